The maximum atomic E-state index is 13.8. The van der Waals surface area contributed by atoms with E-state index in [0.717, 1.165) is 17.0 Å². The number of nitrogens with zero attached hydrogens (tertiary/aromatic N) is 1. The first-order chi connectivity index (χ1) is 9.29. The summed E-state index contributed by atoms with van der Waals surface area (Å²) in [6, 6.07) is 2.64. The molecule has 7 heteroatoms. The molecule has 0 N–H and O–H groups in total. The molecule has 0 atom stereocenters. The number of hydrogen-bond donors (Lipinski definition) is 0. The monoisotopic (exact) mass is 293 g/mol. The lowest BCUT2D eigenvalue weighted by atomic mass is 10.1. The van der Waals surface area contributed by atoms with Gasteiger partial charge in [-0.1, -0.05) is 6.07 Å². The highest BCUT2D eigenvalue weighted by molar-refractivity contribution is 5.94. The molecule has 112 valence electrons. The van der Waals surface area contributed by atoms with E-state index in [1.807, 2.05) is 0 Å². The molecule has 20 heavy (non-hydrogen) atoms. The molecule has 0 aliphatic carbocycles. The van der Waals surface area contributed by atoms with Crippen LogP contribution < -0.4 is 0 Å². The second-order valence-corrected chi connectivity index (χ2v) is 4.09. The molecule has 0 saturated heterocycles. The van der Waals surface area contributed by atoms with Crippen LogP contribution in [0.15, 0.2) is 18.2 Å². The molecule has 0 bridgehead atoms. The summed E-state index contributed by atoms with van der Waals surface area (Å²) in [5.74, 6) is -2.36. The molecule has 1 aromatic carbocycles. The SMILES string of the molecule is CCOCCN(C)C(=O)c1cccc(C(F)(F)F)c1F. The molecule has 0 saturated carbocycles. The summed E-state index contributed by atoms with van der Waals surface area (Å²) in [6.45, 7) is 2.63. The average Bonchev–Trinajstić information content (AvgIpc) is 2.37. The third-order valence-electron chi connectivity index (χ3n) is 2.66. The van der Waals surface area contributed by atoms with Gasteiger partial charge in [0.25, 0.3) is 5.91 Å². The Balaban J connectivity index is 2.94. The first kappa shape index (κ1) is 16.4. The number of carbonyl (C=O) groups is 1. The fraction of sp³-hybridized carbons (Fsp3) is 0.462. The number of likely N-dealkylation sites (N-methyl/N-ethyl adjacent to an activating group) is 1. The third kappa shape index (κ3) is 3.93. The van der Waals surface area contributed by atoms with E-state index in [-0.39, 0.29) is 13.2 Å². The maximum Gasteiger partial charge on any atom is 0.419 e. The van der Waals surface area contributed by atoms with Crippen LogP contribution in [0.3, 0.4) is 0 Å². The van der Waals surface area contributed by atoms with Gasteiger partial charge in [0.2, 0.25) is 0 Å². The fourth-order valence-electron chi connectivity index (χ4n) is 1.57. The van der Waals surface area contributed by atoms with Crippen molar-refractivity contribution in [3.8, 4) is 0 Å². The standard InChI is InChI=1S/C13H15F4NO2/c1-3-20-8-7-18(2)12(19)9-5-4-6-10(11(9)14)13(15,16)17/h4-6H,3,7-8H2,1-2H3. The van der Waals surface area contributed by atoms with E-state index in [2.05, 4.69) is 0 Å². The van der Waals surface area contributed by atoms with E-state index in [9.17, 15) is 22.4 Å². The second-order valence-electron chi connectivity index (χ2n) is 4.09. The molecule has 1 rings (SSSR count). The van der Waals surface area contributed by atoms with Crippen LogP contribution in [0, 0.1) is 5.82 Å². The summed E-state index contributed by atoms with van der Waals surface area (Å²) < 4.78 is 56.5. The van der Waals surface area contributed by atoms with Crippen LogP contribution in [-0.2, 0) is 10.9 Å². The van der Waals surface area contributed by atoms with Crippen LogP contribution in [-0.4, -0.2) is 37.6 Å². The highest BCUT2D eigenvalue weighted by Crippen LogP contribution is 2.32. The van der Waals surface area contributed by atoms with E-state index < -0.39 is 29.0 Å². The van der Waals surface area contributed by atoms with Crippen LogP contribution in [0.4, 0.5) is 17.6 Å². The van der Waals surface area contributed by atoms with Crippen molar-refractivity contribution < 1.29 is 27.1 Å². The Kier molecular flexibility index (Phi) is 5.50. The molecule has 1 amide bonds. The Morgan fingerprint density at radius 1 is 1.35 bits per heavy atom. The van der Waals surface area contributed by atoms with Gasteiger partial charge in [-0.25, -0.2) is 4.39 Å². The molecule has 0 unspecified atom stereocenters. The van der Waals surface area contributed by atoms with Gasteiger partial charge in [-0.2, -0.15) is 13.2 Å². The van der Waals surface area contributed by atoms with Crippen molar-refractivity contribution in [3.05, 3.63) is 35.1 Å². The van der Waals surface area contributed by atoms with Gasteiger partial charge in [-0.15, -0.1) is 0 Å². The van der Waals surface area contributed by atoms with Crippen molar-refractivity contribution in [2.24, 2.45) is 0 Å². The number of hydrogen-bond acceptors (Lipinski definition) is 2. The van der Waals surface area contributed by atoms with Gasteiger partial charge in [0.05, 0.1) is 17.7 Å². The third-order valence-corrected chi connectivity index (χ3v) is 2.66. The summed E-state index contributed by atoms with van der Waals surface area (Å²) in [5.41, 5.74) is -2.04. The van der Waals surface area contributed by atoms with Gasteiger partial charge in [0.1, 0.15) is 5.82 Å². The summed E-state index contributed by atoms with van der Waals surface area (Å²) in [7, 11) is 1.38. The van der Waals surface area contributed by atoms with E-state index in [1.165, 1.54) is 7.05 Å². The van der Waals surface area contributed by atoms with Crippen LogP contribution in [0.5, 0.6) is 0 Å². The molecule has 0 aliphatic heterocycles. The predicted octanol–water partition coefficient (Wildman–Crippen LogP) is 2.95. The summed E-state index contributed by atoms with van der Waals surface area (Å²) in [5, 5.41) is 0. The Hall–Kier alpha value is -1.63. The number of amides is 1. The smallest absolute Gasteiger partial charge is 0.380 e. The van der Waals surface area contributed by atoms with Gasteiger partial charge >= 0.3 is 6.18 Å². The minimum absolute atomic E-state index is 0.169. The first-order valence-electron chi connectivity index (χ1n) is 5.98. The van der Waals surface area contributed by atoms with Gasteiger partial charge in [-0.05, 0) is 19.1 Å². The van der Waals surface area contributed by atoms with Crippen molar-refractivity contribution in [3.63, 3.8) is 0 Å². The first-order valence-corrected chi connectivity index (χ1v) is 5.98. The number of benzene rings is 1. The quantitative estimate of drug-likeness (QED) is 0.617. The van der Waals surface area contributed by atoms with Crippen molar-refractivity contribution in [1.29, 1.82) is 0 Å². The zero-order valence-corrected chi connectivity index (χ0v) is 11.1. The zero-order chi connectivity index (χ0) is 15.3. The second kappa shape index (κ2) is 6.69. The van der Waals surface area contributed by atoms with Crippen molar-refractivity contribution in [1.82, 2.24) is 4.90 Å². The van der Waals surface area contributed by atoms with Crippen LogP contribution in [0.2, 0.25) is 0 Å². The van der Waals surface area contributed by atoms with Crippen molar-refractivity contribution in [2.75, 3.05) is 26.8 Å². The minimum atomic E-state index is -4.83. The Morgan fingerprint density at radius 2 is 2.00 bits per heavy atom. The van der Waals surface area contributed by atoms with Crippen LogP contribution in [0.1, 0.15) is 22.8 Å². The molecule has 0 aromatic heterocycles. The molecule has 0 spiro atoms. The molecular weight excluding hydrogens is 278 g/mol. The number of rotatable bonds is 5. The Morgan fingerprint density at radius 3 is 2.55 bits per heavy atom. The summed E-state index contributed by atoms with van der Waals surface area (Å²) >= 11 is 0. The molecule has 0 radical (unpaired) electrons. The number of carbonyl (C=O) groups excluding carboxylic acids is 1. The molecule has 3 nitrogen and oxygen atoms in total. The molecule has 0 aliphatic rings. The van der Waals surface area contributed by atoms with Crippen LogP contribution >= 0.6 is 0 Å². The van der Waals surface area contributed by atoms with E-state index in [1.54, 1.807) is 6.92 Å². The normalized spacial score (nSPS) is 11.5. The molecule has 0 heterocycles. The summed E-state index contributed by atoms with van der Waals surface area (Å²) in [6.07, 6.45) is -4.83. The van der Waals surface area contributed by atoms with Crippen molar-refractivity contribution in [2.45, 2.75) is 13.1 Å². The van der Waals surface area contributed by atoms with Gasteiger partial charge in [0.15, 0.2) is 0 Å². The van der Waals surface area contributed by atoms with Crippen molar-refractivity contribution >= 4 is 5.91 Å². The van der Waals surface area contributed by atoms with Gasteiger partial charge in [-0.3, -0.25) is 4.79 Å². The highest BCUT2D eigenvalue weighted by Gasteiger charge is 2.36. The largest absolute Gasteiger partial charge is 0.419 e. The molecular formula is C13H15F4NO2. The Labute approximate surface area is 114 Å². The molecule has 0 fully saturated rings. The Bertz CT molecular complexity index is 474. The lowest BCUT2D eigenvalue weighted by Gasteiger charge is -2.18. The van der Waals surface area contributed by atoms with Crippen LogP contribution in [0.25, 0.3) is 0 Å². The van der Waals surface area contributed by atoms with E-state index in [0.29, 0.717) is 12.7 Å². The number of alkyl halides is 3. The van der Waals surface area contributed by atoms with Gasteiger partial charge < -0.3 is 9.64 Å². The maximum absolute atomic E-state index is 13.8. The topological polar surface area (TPSA) is 29.5 Å². The number of ether oxygens (including phenoxy) is 1. The minimum Gasteiger partial charge on any atom is -0.380 e. The van der Waals surface area contributed by atoms with E-state index >= 15 is 0 Å². The summed E-state index contributed by atoms with van der Waals surface area (Å²) in [4.78, 5) is 13.0. The highest BCUT2D eigenvalue weighted by atomic mass is 19.4. The lowest BCUT2D eigenvalue weighted by molar-refractivity contribution is -0.140. The average molecular weight is 293 g/mol. The molecule has 1 aromatic rings. The number of halogens is 4. The zero-order valence-electron chi connectivity index (χ0n) is 11.1. The lowest BCUT2D eigenvalue weighted by Crippen LogP contribution is -2.31. The van der Waals surface area contributed by atoms with E-state index in [4.69, 9.17) is 4.74 Å². The predicted molar refractivity (Wildman–Crippen MR) is 64.9 cm³/mol. The van der Waals surface area contributed by atoms with Gasteiger partial charge in [0, 0.05) is 20.2 Å². The fourth-order valence-corrected chi connectivity index (χ4v) is 1.57.